The first kappa shape index (κ1) is 20.7. The number of hydrazine groups is 2. The molecule has 0 saturated carbocycles. The van der Waals surface area contributed by atoms with Gasteiger partial charge in [0.25, 0.3) is 0 Å². The lowest BCUT2D eigenvalue weighted by Gasteiger charge is -2.29. The minimum Gasteiger partial charge on any atom is -0.259 e. The van der Waals surface area contributed by atoms with Crippen LogP contribution in [0.15, 0.2) is 88.4 Å². The van der Waals surface area contributed by atoms with Crippen LogP contribution in [0.4, 0.5) is 11.4 Å². The molecule has 0 bridgehead atoms. The number of nitrogens with one attached hydrogen (secondary N) is 1. The highest BCUT2D eigenvalue weighted by atomic mass is 79.9. The van der Waals surface area contributed by atoms with E-state index in [1.807, 2.05) is 47.6 Å². The molecule has 1 aliphatic rings. The smallest absolute Gasteiger partial charge is 0.176 e. The van der Waals surface area contributed by atoms with E-state index in [1.165, 1.54) is 0 Å². The van der Waals surface area contributed by atoms with Crippen LogP contribution in [0.2, 0.25) is 10.0 Å². The summed E-state index contributed by atoms with van der Waals surface area (Å²) in [6.07, 6.45) is 0. The van der Waals surface area contributed by atoms with Gasteiger partial charge in [0.05, 0.1) is 33.1 Å². The van der Waals surface area contributed by atoms with Gasteiger partial charge >= 0.3 is 0 Å². The Morgan fingerprint density at radius 1 is 0.875 bits per heavy atom. The van der Waals surface area contributed by atoms with Gasteiger partial charge in [-0.2, -0.15) is 15.5 Å². The number of hydrogen-bond acceptors (Lipinski definition) is 5. The highest BCUT2D eigenvalue weighted by molar-refractivity contribution is 9.10. The molecule has 5 nitrogen and oxygen atoms in total. The second-order valence-electron chi connectivity index (χ2n) is 7.06. The van der Waals surface area contributed by atoms with Gasteiger partial charge in [-0.3, -0.25) is 5.43 Å². The van der Waals surface area contributed by atoms with E-state index >= 15 is 0 Å². The second kappa shape index (κ2) is 8.36. The molecule has 32 heavy (non-hydrogen) atoms. The molecule has 4 aromatic carbocycles. The van der Waals surface area contributed by atoms with Gasteiger partial charge in [-0.25, -0.2) is 0 Å². The SMILES string of the molecule is N#Cc1ccc(N2NC(c3ccc(Cl)c(Cl)c3)=NN2c2ccc(Br)c3ccccc23)cc1. The number of nitrogens with zero attached hydrogens (tertiary/aromatic N) is 4. The van der Waals surface area contributed by atoms with E-state index in [0.717, 1.165) is 32.2 Å². The van der Waals surface area contributed by atoms with Crippen LogP contribution in [-0.2, 0) is 0 Å². The van der Waals surface area contributed by atoms with E-state index in [4.69, 9.17) is 33.6 Å². The fourth-order valence-electron chi connectivity index (χ4n) is 3.51. The number of hydrogen-bond donors (Lipinski definition) is 1. The Bertz CT molecular complexity index is 1410. The van der Waals surface area contributed by atoms with Crippen molar-refractivity contribution in [3.63, 3.8) is 0 Å². The van der Waals surface area contributed by atoms with Crippen LogP contribution in [-0.4, -0.2) is 5.84 Å². The van der Waals surface area contributed by atoms with Crippen LogP contribution < -0.4 is 15.7 Å². The van der Waals surface area contributed by atoms with Crippen LogP contribution in [0.5, 0.6) is 0 Å². The van der Waals surface area contributed by atoms with E-state index in [2.05, 4.69) is 39.6 Å². The number of benzene rings is 4. The van der Waals surface area contributed by atoms with Crippen molar-refractivity contribution in [2.24, 2.45) is 5.10 Å². The van der Waals surface area contributed by atoms with Gasteiger partial charge in [-0.1, -0.05) is 63.4 Å². The molecule has 5 rings (SSSR count). The molecule has 4 aromatic rings. The van der Waals surface area contributed by atoms with Gasteiger partial charge in [0.15, 0.2) is 5.84 Å². The maximum absolute atomic E-state index is 9.17. The van der Waals surface area contributed by atoms with Gasteiger partial charge in [-0.15, -0.1) is 5.10 Å². The largest absolute Gasteiger partial charge is 0.259 e. The summed E-state index contributed by atoms with van der Waals surface area (Å²) in [6, 6.07) is 26.9. The molecule has 0 amide bonds. The summed E-state index contributed by atoms with van der Waals surface area (Å²) in [5, 5.41) is 20.7. The van der Waals surface area contributed by atoms with Crippen molar-refractivity contribution in [3.8, 4) is 6.07 Å². The Morgan fingerprint density at radius 3 is 2.34 bits per heavy atom. The Kier molecular flexibility index (Phi) is 5.40. The summed E-state index contributed by atoms with van der Waals surface area (Å²) in [7, 11) is 0. The van der Waals surface area contributed by atoms with Gasteiger partial charge in [0.1, 0.15) is 0 Å². The zero-order valence-electron chi connectivity index (χ0n) is 16.4. The molecule has 1 aliphatic heterocycles. The molecular weight excluding hydrogens is 509 g/mol. The number of nitriles is 1. The molecule has 0 radical (unpaired) electrons. The monoisotopic (exact) mass is 521 g/mol. The molecule has 0 unspecified atom stereocenters. The van der Waals surface area contributed by atoms with Gasteiger partial charge in [-0.05, 0) is 60.0 Å². The minimum absolute atomic E-state index is 0.450. The lowest BCUT2D eigenvalue weighted by molar-refractivity contribution is 0.773. The standard InChI is InChI=1S/C24H14BrCl2N5/c25-20-10-12-23(19-4-2-1-3-18(19)20)32-30-24(16-7-11-21(26)22(27)13-16)29-31(32)17-8-5-15(14-28)6-9-17/h1-13H,(H,29,30). The van der Waals surface area contributed by atoms with Crippen LogP contribution in [0, 0.1) is 11.3 Å². The third-order valence-electron chi connectivity index (χ3n) is 5.09. The van der Waals surface area contributed by atoms with Crippen LogP contribution in [0.25, 0.3) is 10.8 Å². The Hall–Kier alpha value is -3.24. The molecule has 0 aliphatic carbocycles. The number of amidine groups is 1. The maximum atomic E-state index is 9.17. The molecule has 0 atom stereocenters. The van der Waals surface area contributed by atoms with Crippen molar-refractivity contribution in [1.29, 1.82) is 5.26 Å². The van der Waals surface area contributed by atoms with Gasteiger partial charge in [0, 0.05) is 15.4 Å². The molecule has 1 heterocycles. The summed E-state index contributed by atoms with van der Waals surface area (Å²) in [4.78, 5) is 0. The number of fused-ring (bicyclic) bond motifs is 1. The number of hydrazone groups is 1. The lowest BCUT2D eigenvalue weighted by atomic mass is 10.1. The lowest BCUT2D eigenvalue weighted by Crippen LogP contribution is -2.44. The van der Waals surface area contributed by atoms with Crippen molar-refractivity contribution in [2.75, 3.05) is 10.2 Å². The highest BCUT2D eigenvalue weighted by Crippen LogP contribution is 2.36. The number of rotatable bonds is 3. The number of halogens is 3. The Balaban J connectivity index is 1.66. The summed E-state index contributed by atoms with van der Waals surface area (Å²) in [5.41, 5.74) is 6.42. The first-order chi connectivity index (χ1) is 15.5. The minimum atomic E-state index is 0.450. The van der Waals surface area contributed by atoms with E-state index in [1.54, 1.807) is 29.4 Å². The van der Waals surface area contributed by atoms with Crippen LogP contribution >= 0.6 is 39.1 Å². The average molecular weight is 523 g/mol. The van der Waals surface area contributed by atoms with Gasteiger partial charge in [0.2, 0.25) is 0 Å². The summed E-state index contributed by atoms with van der Waals surface area (Å²) < 4.78 is 1.00. The summed E-state index contributed by atoms with van der Waals surface area (Å²) >= 11 is 16.0. The van der Waals surface area contributed by atoms with E-state index in [-0.39, 0.29) is 0 Å². The number of anilines is 2. The molecule has 1 N–H and O–H groups in total. The van der Waals surface area contributed by atoms with Crippen molar-refractivity contribution in [3.05, 3.63) is 105 Å². The predicted molar refractivity (Wildman–Crippen MR) is 134 cm³/mol. The first-order valence-electron chi connectivity index (χ1n) is 9.63. The molecule has 0 fully saturated rings. The first-order valence-corrected chi connectivity index (χ1v) is 11.2. The molecule has 8 heteroatoms. The Morgan fingerprint density at radius 2 is 1.62 bits per heavy atom. The van der Waals surface area contributed by atoms with E-state index in [0.29, 0.717) is 21.4 Å². The van der Waals surface area contributed by atoms with E-state index < -0.39 is 0 Å². The van der Waals surface area contributed by atoms with E-state index in [9.17, 15) is 0 Å². The molecule has 156 valence electrons. The molecular formula is C24H14BrCl2N5. The van der Waals surface area contributed by atoms with Gasteiger partial charge < -0.3 is 0 Å². The normalized spacial score (nSPS) is 13.1. The van der Waals surface area contributed by atoms with Crippen molar-refractivity contribution >= 4 is 67.1 Å². The third kappa shape index (κ3) is 3.65. The van der Waals surface area contributed by atoms with Crippen LogP contribution in [0.3, 0.4) is 0 Å². The second-order valence-corrected chi connectivity index (χ2v) is 8.73. The summed E-state index contributed by atoms with van der Waals surface area (Å²) in [6.45, 7) is 0. The maximum Gasteiger partial charge on any atom is 0.176 e. The predicted octanol–water partition coefficient (Wildman–Crippen LogP) is 6.89. The quantitative estimate of drug-likeness (QED) is 0.318. The fourth-order valence-corrected chi connectivity index (χ4v) is 4.28. The molecule has 0 spiro atoms. The van der Waals surface area contributed by atoms with Crippen molar-refractivity contribution < 1.29 is 0 Å². The fraction of sp³-hybridized carbons (Fsp3) is 0. The molecule has 0 aromatic heterocycles. The van der Waals surface area contributed by atoms with Crippen molar-refractivity contribution in [2.45, 2.75) is 0 Å². The third-order valence-corrected chi connectivity index (χ3v) is 6.52. The average Bonchev–Trinajstić information content (AvgIpc) is 3.26. The van der Waals surface area contributed by atoms with Crippen molar-refractivity contribution in [1.82, 2.24) is 5.43 Å². The zero-order chi connectivity index (χ0) is 22.2. The zero-order valence-corrected chi connectivity index (χ0v) is 19.5. The Labute approximate surface area is 203 Å². The highest BCUT2D eigenvalue weighted by Gasteiger charge is 2.28. The van der Waals surface area contributed by atoms with Crippen LogP contribution in [0.1, 0.15) is 11.1 Å². The topological polar surface area (TPSA) is 54.7 Å². The molecule has 0 saturated heterocycles. The summed E-state index contributed by atoms with van der Waals surface area (Å²) in [5.74, 6) is 0.611.